The Bertz CT molecular complexity index is 378. The quantitative estimate of drug-likeness (QED) is 0.874. The third kappa shape index (κ3) is 5.02. The van der Waals surface area contributed by atoms with Gasteiger partial charge in [-0.1, -0.05) is 23.2 Å². The second-order valence-electron chi connectivity index (χ2n) is 3.77. The lowest BCUT2D eigenvalue weighted by Gasteiger charge is -2.21. The zero-order valence-corrected chi connectivity index (χ0v) is 10.8. The fourth-order valence-corrected chi connectivity index (χ4v) is 2.04. The molecule has 2 nitrogen and oxygen atoms in total. The first-order valence-corrected chi connectivity index (χ1v) is 5.94. The van der Waals surface area contributed by atoms with Crippen molar-refractivity contribution in [3.8, 4) is 0 Å². The van der Waals surface area contributed by atoms with E-state index in [-0.39, 0.29) is 6.54 Å². The van der Waals surface area contributed by atoms with Gasteiger partial charge in [-0.2, -0.15) is 13.2 Å². The molecule has 1 unspecified atom stereocenters. The Labute approximate surface area is 113 Å². The summed E-state index contributed by atoms with van der Waals surface area (Å²) in [4.78, 5) is 0. The normalized spacial score (nSPS) is 13.7. The second kappa shape index (κ2) is 6.61. The molecule has 0 fully saturated rings. The molecular weight excluding hydrogens is 290 g/mol. The Hall–Kier alpha value is -0.490. The van der Waals surface area contributed by atoms with Crippen molar-refractivity contribution in [3.05, 3.63) is 33.8 Å². The van der Waals surface area contributed by atoms with Crippen LogP contribution in [0.2, 0.25) is 10.0 Å². The third-order valence-electron chi connectivity index (χ3n) is 2.29. The molecule has 0 amide bonds. The predicted octanol–water partition coefficient (Wildman–Crippen LogP) is 3.40. The van der Waals surface area contributed by atoms with E-state index in [9.17, 15) is 13.2 Å². The van der Waals surface area contributed by atoms with Gasteiger partial charge in [-0.15, -0.1) is 0 Å². The fourth-order valence-electron chi connectivity index (χ4n) is 1.46. The van der Waals surface area contributed by atoms with Gasteiger partial charge in [0, 0.05) is 23.2 Å². The van der Waals surface area contributed by atoms with Gasteiger partial charge >= 0.3 is 6.18 Å². The Morgan fingerprint density at radius 3 is 2.17 bits per heavy atom. The number of nitrogens with one attached hydrogen (secondary N) is 1. The number of hydrogen-bond acceptors (Lipinski definition) is 2. The molecule has 0 radical (unpaired) electrons. The average molecular weight is 302 g/mol. The minimum absolute atomic E-state index is 0.0234. The van der Waals surface area contributed by atoms with Crippen LogP contribution in [0.5, 0.6) is 0 Å². The highest BCUT2D eigenvalue weighted by Crippen LogP contribution is 2.23. The van der Waals surface area contributed by atoms with Gasteiger partial charge in [-0.05, 0) is 30.2 Å². The van der Waals surface area contributed by atoms with E-state index in [0.29, 0.717) is 15.6 Å². The van der Waals surface area contributed by atoms with Crippen LogP contribution in [0.15, 0.2) is 18.2 Å². The van der Waals surface area contributed by atoms with Gasteiger partial charge in [0.15, 0.2) is 0 Å². The molecule has 0 aromatic heterocycles. The van der Waals surface area contributed by atoms with Crippen molar-refractivity contribution in [1.29, 1.82) is 0 Å². The smallest absolute Gasteiger partial charge is 0.396 e. The SMILES string of the molecule is OCCC(NCc1cc(Cl)cc(Cl)c1)C(F)(F)F. The van der Waals surface area contributed by atoms with Crippen molar-refractivity contribution >= 4 is 23.2 Å². The van der Waals surface area contributed by atoms with Crippen LogP contribution in [-0.4, -0.2) is 23.9 Å². The van der Waals surface area contributed by atoms with Crippen LogP contribution in [0.4, 0.5) is 13.2 Å². The molecule has 18 heavy (non-hydrogen) atoms. The van der Waals surface area contributed by atoms with E-state index in [1.807, 2.05) is 0 Å². The van der Waals surface area contributed by atoms with E-state index in [4.69, 9.17) is 28.3 Å². The van der Waals surface area contributed by atoms with Crippen molar-refractivity contribution in [1.82, 2.24) is 5.32 Å². The molecule has 0 saturated carbocycles. The maximum Gasteiger partial charge on any atom is 0.403 e. The summed E-state index contributed by atoms with van der Waals surface area (Å²) in [6.07, 6.45) is -4.79. The first-order chi connectivity index (χ1) is 8.32. The lowest BCUT2D eigenvalue weighted by atomic mass is 10.1. The number of hydrogen-bond donors (Lipinski definition) is 2. The molecule has 1 aromatic rings. The van der Waals surface area contributed by atoms with E-state index >= 15 is 0 Å². The molecular formula is C11H12Cl2F3NO. The van der Waals surface area contributed by atoms with Crippen molar-refractivity contribution in [2.45, 2.75) is 25.2 Å². The molecule has 1 rings (SSSR count). The number of benzene rings is 1. The number of aliphatic hydroxyl groups is 1. The van der Waals surface area contributed by atoms with Crippen molar-refractivity contribution in [2.75, 3.05) is 6.61 Å². The van der Waals surface area contributed by atoms with Crippen LogP contribution in [0, 0.1) is 0 Å². The summed E-state index contributed by atoms with van der Waals surface area (Å²) in [7, 11) is 0. The molecule has 1 aromatic carbocycles. The van der Waals surface area contributed by atoms with Crippen LogP contribution >= 0.6 is 23.2 Å². The summed E-state index contributed by atoms with van der Waals surface area (Å²) in [5.41, 5.74) is 0.555. The minimum Gasteiger partial charge on any atom is -0.396 e. The predicted molar refractivity (Wildman–Crippen MR) is 64.8 cm³/mol. The number of halogens is 5. The van der Waals surface area contributed by atoms with E-state index < -0.39 is 25.2 Å². The topological polar surface area (TPSA) is 32.3 Å². The molecule has 0 aliphatic carbocycles. The molecule has 2 N–H and O–H groups in total. The van der Waals surface area contributed by atoms with Gasteiger partial charge in [-0.3, -0.25) is 0 Å². The number of aliphatic hydroxyl groups excluding tert-OH is 1. The van der Waals surface area contributed by atoms with Gasteiger partial charge in [0.2, 0.25) is 0 Å². The Morgan fingerprint density at radius 2 is 1.72 bits per heavy atom. The van der Waals surface area contributed by atoms with E-state index in [2.05, 4.69) is 5.32 Å². The van der Waals surface area contributed by atoms with Crippen LogP contribution in [0.3, 0.4) is 0 Å². The van der Waals surface area contributed by atoms with Gasteiger partial charge in [-0.25, -0.2) is 0 Å². The Balaban J connectivity index is 2.67. The zero-order valence-electron chi connectivity index (χ0n) is 9.27. The average Bonchev–Trinajstić information content (AvgIpc) is 2.21. The molecule has 0 aliphatic rings. The van der Waals surface area contributed by atoms with Crippen molar-refractivity contribution < 1.29 is 18.3 Å². The summed E-state index contributed by atoms with van der Waals surface area (Å²) in [6, 6.07) is 2.82. The largest absolute Gasteiger partial charge is 0.403 e. The van der Waals surface area contributed by atoms with Crippen LogP contribution in [0.25, 0.3) is 0 Å². The highest BCUT2D eigenvalue weighted by Gasteiger charge is 2.38. The maximum atomic E-state index is 12.5. The molecule has 1 atom stereocenters. The van der Waals surface area contributed by atoms with Gasteiger partial charge in [0.05, 0.1) is 0 Å². The third-order valence-corrected chi connectivity index (χ3v) is 2.72. The summed E-state index contributed by atoms with van der Waals surface area (Å²) < 4.78 is 37.6. The molecule has 7 heteroatoms. The number of alkyl halides is 3. The molecule has 0 bridgehead atoms. The highest BCUT2D eigenvalue weighted by atomic mass is 35.5. The molecule has 0 aliphatic heterocycles. The van der Waals surface area contributed by atoms with Crippen LogP contribution in [-0.2, 0) is 6.54 Å². The fraction of sp³-hybridized carbons (Fsp3) is 0.455. The summed E-state index contributed by atoms with van der Waals surface area (Å²) in [6.45, 7) is -0.558. The van der Waals surface area contributed by atoms with E-state index in [1.54, 1.807) is 0 Å². The summed E-state index contributed by atoms with van der Waals surface area (Å²) in [5.74, 6) is 0. The second-order valence-corrected chi connectivity index (χ2v) is 4.64. The van der Waals surface area contributed by atoms with Gasteiger partial charge in [0.25, 0.3) is 0 Å². The monoisotopic (exact) mass is 301 g/mol. The van der Waals surface area contributed by atoms with Gasteiger partial charge in [0.1, 0.15) is 6.04 Å². The number of rotatable bonds is 5. The Morgan fingerprint density at radius 1 is 1.17 bits per heavy atom. The standard InChI is InChI=1S/C11H12Cl2F3NO/c12-8-3-7(4-9(13)5-8)6-17-10(1-2-18)11(14,15)16/h3-5,10,17-18H,1-2,6H2. The first-order valence-electron chi connectivity index (χ1n) is 5.19. The van der Waals surface area contributed by atoms with Gasteiger partial charge < -0.3 is 10.4 Å². The van der Waals surface area contributed by atoms with E-state index in [0.717, 1.165) is 0 Å². The van der Waals surface area contributed by atoms with E-state index in [1.165, 1.54) is 18.2 Å². The lowest BCUT2D eigenvalue weighted by molar-refractivity contribution is -0.159. The molecule has 0 saturated heterocycles. The molecule has 0 heterocycles. The Kier molecular flexibility index (Phi) is 5.72. The van der Waals surface area contributed by atoms with Crippen LogP contribution < -0.4 is 5.32 Å². The molecule has 0 spiro atoms. The lowest BCUT2D eigenvalue weighted by Crippen LogP contribution is -2.42. The molecule has 102 valence electrons. The minimum atomic E-state index is -4.40. The first kappa shape index (κ1) is 15.6. The summed E-state index contributed by atoms with van der Waals surface area (Å²) >= 11 is 11.5. The highest BCUT2D eigenvalue weighted by molar-refractivity contribution is 6.34. The van der Waals surface area contributed by atoms with Crippen molar-refractivity contribution in [3.63, 3.8) is 0 Å². The van der Waals surface area contributed by atoms with Crippen molar-refractivity contribution in [2.24, 2.45) is 0 Å². The van der Waals surface area contributed by atoms with Crippen LogP contribution in [0.1, 0.15) is 12.0 Å². The zero-order chi connectivity index (χ0) is 13.8. The maximum absolute atomic E-state index is 12.5. The summed E-state index contributed by atoms with van der Waals surface area (Å²) in [5, 5.41) is 11.7.